The molecule has 0 aliphatic rings. The summed E-state index contributed by atoms with van der Waals surface area (Å²) in [6, 6.07) is 1.13. The molecular weight excluding hydrogens is 250 g/mol. The first-order chi connectivity index (χ1) is 8.90. The monoisotopic (exact) mass is 263 g/mol. The fraction of sp³-hybridized carbons (Fsp3) is 0.364. The normalized spacial score (nSPS) is 12.4. The number of nitro groups is 1. The molecule has 0 aromatic carbocycles. The average molecular weight is 263 g/mol. The zero-order valence-corrected chi connectivity index (χ0v) is 10.8. The number of nitrogens with zero attached hydrogens (tertiary/aromatic N) is 5. The highest BCUT2D eigenvalue weighted by Crippen LogP contribution is 2.15. The predicted molar refractivity (Wildman–Crippen MR) is 65.9 cm³/mol. The predicted octanol–water partition coefficient (Wildman–Crippen LogP) is 1.51. The SMILES string of the molecule is Cc1cc(C)n(C(=O)[C@H](C)n2cc([N+](=O)[O-])cn2)n1. The van der Waals surface area contributed by atoms with Gasteiger partial charge in [-0.05, 0) is 26.8 Å². The molecule has 0 unspecified atom stereocenters. The van der Waals surface area contributed by atoms with Gasteiger partial charge in [0.2, 0.25) is 0 Å². The van der Waals surface area contributed by atoms with Crippen LogP contribution in [0.4, 0.5) is 5.69 Å². The summed E-state index contributed by atoms with van der Waals surface area (Å²) in [4.78, 5) is 22.3. The van der Waals surface area contributed by atoms with E-state index in [0.29, 0.717) is 0 Å². The maximum Gasteiger partial charge on any atom is 0.307 e. The molecule has 0 N–H and O–H groups in total. The Bertz CT molecular complexity index is 643. The number of hydrogen-bond acceptors (Lipinski definition) is 5. The number of rotatable bonds is 3. The molecule has 0 aliphatic carbocycles. The van der Waals surface area contributed by atoms with Gasteiger partial charge in [0.25, 0.3) is 5.91 Å². The molecular formula is C11H13N5O3. The van der Waals surface area contributed by atoms with Crippen LogP contribution in [0.1, 0.15) is 29.1 Å². The van der Waals surface area contributed by atoms with Crippen LogP contribution in [-0.4, -0.2) is 30.4 Å². The second-order valence-electron chi connectivity index (χ2n) is 4.29. The van der Waals surface area contributed by atoms with E-state index in [1.54, 1.807) is 26.8 Å². The Labute approximate surface area is 108 Å². The van der Waals surface area contributed by atoms with Crippen molar-refractivity contribution in [2.75, 3.05) is 0 Å². The van der Waals surface area contributed by atoms with Crippen molar-refractivity contribution in [1.29, 1.82) is 0 Å². The maximum absolute atomic E-state index is 12.2. The summed E-state index contributed by atoms with van der Waals surface area (Å²) >= 11 is 0. The van der Waals surface area contributed by atoms with Crippen LogP contribution in [0.2, 0.25) is 0 Å². The van der Waals surface area contributed by atoms with E-state index in [-0.39, 0.29) is 11.6 Å². The van der Waals surface area contributed by atoms with E-state index in [0.717, 1.165) is 17.6 Å². The Kier molecular flexibility index (Phi) is 3.16. The molecule has 0 aliphatic heterocycles. The van der Waals surface area contributed by atoms with Crippen LogP contribution in [0.15, 0.2) is 18.5 Å². The summed E-state index contributed by atoms with van der Waals surface area (Å²) in [5.41, 5.74) is 1.31. The van der Waals surface area contributed by atoms with E-state index in [2.05, 4.69) is 10.2 Å². The van der Waals surface area contributed by atoms with Crippen LogP contribution in [0.5, 0.6) is 0 Å². The van der Waals surface area contributed by atoms with Crippen molar-refractivity contribution >= 4 is 11.6 Å². The van der Waals surface area contributed by atoms with Gasteiger partial charge in [-0.1, -0.05) is 0 Å². The van der Waals surface area contributed by atoms with E-state index in [4.69, 9.17) is 0 Å². The molecule has 0 bridgehead atoms. The largest absolute Gasteiger partial charge is 0.307 e. The lowest BCUT2D eigenvalue weighted by Crippen LogP contribution is -2.25. The van der Waals surface area contributed by atoms with Crippen molar-refractivity contribution in [3.8, 4) is 0 Å². The van der Waals surface area contributed by atoms with Crippen LogP contribution in [0, 0.1) is 24.0 Å². The van der Waals surface area contributed by atoms with Gasteiger partial charge in [0.15, 0.2) is 0 Å². The highest BCUT2D eigenvalue weighted by molar-refractivity contribution is 5.82. The molecule has 100 valence electrons. The van der Waals surface area contributed by atoms with Crippen molar-refractivity contribution in [2.24, 2.45) is 0 Å². The van der Waals surface area contributed by atoms with Gasteiger partial charge in [-0.3, -0.25) is 19.6 Å². The summed E-state index contributed by atoms with van der Waals surface area (Å²) < 4.78 is 2.55. The first-order valence-electron chi connectivity index (χ1n) is 5.66. The summed E-state index contributed by atoms with van der Waals surface area (Å²) in [6.45, 7) is 5.19. The van der Waals surface area contributed by atoms with Gasteiger partial charge in [0, 0.05) is 5.69 Å². The molecule has 0 fully saturated rings. The van der Waals surface area contributed by atoms with Gasteiger partial charge in [-0.15, -0.1) is 0 Å². The van der Waals surface area contributed by atoms with Gasteiger partial charge >= 0.3 is 5.69 Å². The average Bonchev–Trinajstić information content (AvgIpc) is 2.94. The molecule has 0 spiro atoms. The first kappa shape index (κ1) is 12.9. The van der Waals surface area contributed by atoms with Gasteiger partial charge in [0.05, 0.1) is 10.6 Å². The zero-order valence-electron chi connectivity index (χ0n) is 10.8. The van der Waals surface area contributed by atoms with Gasteiger partial charge in [0.1, 0.15) is 18.4 Å². The molecule has 19 heavy (non-hydrogen) atoms. The molecule has 1 atom stereocenters. The summed E-state index contributed by atoms with van der Waals surface area (Å²) in [5.74, 6) is -0.288. The minimum absolute atomic E-state index is 0.145. The molecule has 2 heterocycles. The Morgan fingerprint density at radius 2 is 2.16 bits per heavy atom. The Hall–Kier alpha value is -2.51. The van der Waals surface area contributed by atoms with Gasteiger partial charge < -0.3 is 0 Å². The van der Waals surface area contributed by atoms with Crippen LogP contribution in [0.3, 0.4) is 0 Å². The molecule has 0 amide bonds. The Morgan fingerprint density at radius 3 is 2.63 bits per heavy atom. The van der Waals surface area contributed by atoms with Crippen molar-refractivity contribution < 1.29 is 9.72 Å². The number of carbonyl (C=O) groups is 1. The van der Waals surface area contributed by atoms with Gasteiger partial charge in [-0.25, -0.2) is 4.68 Å². The number of aryl methyl sites for hydroxylation is 2. The highest BCUT2D eigenvalue weighted by Gasteiger charge is 2.22. The Balaban J connectivity index is 2.28. The number of carbonyl (C=O) groups excluding carboxylic acids is 1. The quantitative estimate of drug-likeness (QED) is 0.617. The van der Waals surface area contributed by atoms with Crippen molar-refractivity contribution in [2.45, 2.75) is 26.8 Å². The summed E-state index contributed by atoms with van der Waals surface area (Å²) in [7, 11) is 0. The third-order valence-corrected chi connectivity index (χ3v) is 2.77. The molecule has 8 heteroatoms. The topological polar surface area (TPSA) is 95.8 Å². The van der Waals surface area contributed by atoms with Crippen LogP contribution in [0.25, 0.3) is 0 Å². The van der Waals surface area contributed by atoms with E-state index < -0.39 is 11.0 Å². The third-order valence-electron chi connectivity index (χ3n) is 2.77. The van der Waals surface area contributed by atoms with Gasteiger partial charge in [-0.2, -0.15) is 10.2 Å². The van der Waals surface area contributed by atoms with E-state index in [9.17, 15) is 14.9 Å². The minimum Gasteiger partial charge on any atom is -0.270 e. The molecule has 0 radical (unpaired) electrons. The summed E-state index contributed by atoms with van der Waals surface area (Å²) in [5, 5.41) is 18.5. The lowest BCUT2D eigenvalue weighted by atomic mass is 10.3. The molecule has 8 nitrogen and oxygen atoms in total. The van der Waals surface area contributed by atoms with Crippen LogP contribution in [-0.2, 0) is 0 Å². The fourth-order valence-corrected chi connectivity index (χ4v) is 1.78. The maximum atomic E-state index is 12.2. The summed E-state index contributed by atoms with van der Waals surface area (Å²) in [6.07, 6.45) is 2.35. The smallest absolute Gasteiger partial charge is 0.270 e. The van der Waals surface area contributed by atoms with Crippen LogP contribution < -0.4 is 0 Å². The standard InChI is InChI=1S/C11H13N5O3/c1-7-4-8(2)15(13-7)11(17)9(3)14-6-10(5-12-14)16(18)19/h4-6,9H,1-3H3/t9-/m0/s1. The second-order valence-corrected chi connectivity index (χ2v) is 4.29. The van der Waals surface area contributed by atoms with Crippen LogP contribution >= 0.6 is 0 Å². The lowest BCUT2D eigenvalue weighted by molar-refractivity contribution is -0.385. The number of hydrogen-bond donors (Lipinski definition) is 0. The molecule has 2 aromatic heterocycles. The van der Waals surface area contributed by atoms with E-state index in [1.165, 1.54) is 15.6 Å². The zero-order chi connectivity index (χ0) is 14.2. The lowest BCUT2D eigenvalue weighted by Gasteiger charge is -2.11. The highest BCUT2D eigenvalue weighted by atomic mass is 16.6. The number of aromatic nitrogens is 4. The third kappa shape index (κ3) is 2.37. The molecule has 2 rings (SSSR count). The van der Waals surface area contributed by atoms with E-state index >= 15 is 0 Å². The first-order valence-corrected chi connectivity index (χ1v) is 5.66. The fourth-order valence-electron chi connectivity index (χ4n) is 1.78. The van der Waals surface area contributed by atoms with E-state index in [1.807, 2.05) is 0 Å². The minimum atomic E-state index is -0.660. The molecule has 0 saturated heterocycles. The van der Waals surface area contributed by atoms with Crippen molar-refractivity contribution in [3.05, 3.63) is 40.0 Å². The van der Waals surface area contributed by atoms with Crippen molar-refractivity contribution in [3.63, 3.8) is 0 Å². The molecule has 2 aromatic rings. The Morgan fingerprint density at radius 1 is 1.47 bits per heavy atom. The van der Waals surface area contributed by atoms with Crippen molar-refractivity contribution in [1.82, 2.24) is 19.6 Å². The second kappa shape index (κ2) is 4.63. The molecule has 0 saturated carbocycles.